The first kappa shape index (κ1) is 8.57. The van der Waals surface area contributed by atoms with Gasteiger partial charge in [0.2, 0.25) is 0 Å². The van der Waals surface area contributed by atoms with Crippen molar-refractivity contribution in [3.8, 4) is 0 Å². The fourth-order valence-electron chi connectivity index (χ4n) is 1.55. The van der Waals surface area contributed by atoms with E-state index in [-0.39, 0.29) is 0 Å². The van der Waals surface area contributed by atoms with Crippen molar-refractivity contribution in [1.82, 2.24) is 9.78 Å². The lowest BCUT2D eigenvalue weighted by molar-refractivity contribution is 0.647. The van der Waals surface area contributed by atoms with E-state index in [1.165, 1.54) is 5.69 Å². The predicted molar refractivity (Wildman–Crippen MR) is 55.2 cm³/mol. The van der Waals surface area contributed by atoms with Crippen LogP contribution in [0.4, 0.5) is 0 Å². The lowest BCUT2D eigenvalue weighted by atomic mass is 10.2. The zero-order chi connectivity index (χ0) is 9.42. The van der Waals surface area contributed by atoms with Gasteiger partial charge in [-0.1, -0.05) is 23.7 Å². The minimum atomic E-state index is 0.729. The standard InChI is InChI=1S/C10H11ClN2/c1-3-13-7(2)8-5-4-6-9(11)10(8)12-13/h4-6H,3H2,1-2H3. The van der Waals surface area contributed by atoms with Gasteiger partial charge in [-0.25, -0.2) is 0 Å². The first-order valence-corrected chi connectivity index (χ1v) is 4.73. The number of rotatable bonds is 1. The molecule has 0 aliphatic carbocycles. The third-order valence-corrected chi connectivity index (χ3v) is 2.59. The molecule has 0 N–H and O–H groups in total. The number of hydrogen-bond donors (Lipinski definition) is 0. The van der Waals surface area contributed by atoms with E-state index in [1.54, 1.807) is 0 Å². The van der Waals surface area contributed by atoms with Crippen molar-refractivity contribution in [2.75, 3.05) is 0 Å². The Bertz CT molecular complexity index is 445. The predicted octanol–water partition coefficient (Wildman–Crippen LogP) is 3.02. The molecule has 0 atom stereocenters. The van der Waals surface area contributed by atoms with Gasteiger partial charge in [0.25, 0.3) is 0 Å². The summed E-state index contributed by atoms with van der Waals surface area (Å²) in [6.07, 6.45) is 0. The average Bonchev–Trinajstić information content (AvgIpc) is 2.45. The van der Waals surface area contributed by atoms with Gasteiger partial charge in [-0.15, -0.1) is 0 Å². The van der Waals surface area contributed by atoms with Gasteiger partial charge in [-0.3, -0.25) is 4.68 Å². The zero-order valence-corrected chi connectivity index (χ0v) is 8.47. The van der Waals surface area contributed by atoms with E-state index in [2.05, 4.69) is 25.0 Å². The highest BCUT2D eigenvalue weighted by molar-refractivity contribution is 6.35. The second-order valence-corrected chi connectivity index (χ2v) is 3.44. The monoisotopic (exact) mass is 194 g/mol. The molecular weight excluding hydrogens is 184 g/mol. The molecule has 2 rings (SSSR count). The fourth-order valence-corrected chi connectivity index (χ4v) is 1.76. The number of hydrogen-bond acceptors (Lipinski definition) is 1. The Kier molecular flexibility index (Phi) is 2.00. The van der Waals surface area contributed by atoms with E-state index in [9.17, 15) is 0 Å². The Balaban J connectivity index is 2.83. The summed E-state index contributed by atoms with van der Waals surface area (Å²) < 4.78 is 1.97. The third-order valence-electron chi connectivity index (χ3n) is 2.28. The summed E-state index contributed by atoms with van der Waals surface area (Å²) >= 11 is 6.02. The first-order chi connectivity index (χ1) is 6.24. The molecule has 1 heterocycles. The van der Waals surface area contributed by atoms with Crippen molar-refractivity contribution >= 4 is 22.5 Å². The van der Waals surface area contributed by atoms with Gasteiger partial charge < -0.3 is 0 Å². The quantitative estimate of drug-likeness (QED) is 0.683. The highest BCUT2D eigenvalue weighted by Gasteiger charge is 2.07. The number of nitrogens with zero attached hydrogens (tertiary/aromatic N) is 2. The van der Waals surface area contributed by atoms with E-state index < -0.39 is 0 Å². The van der Waals surface area contributed by atoms with Crippen molar-refractivity contribution in [3.05, 3.63) is 28.9 Å². The number of halogens is 1. The Hall–Kier alpha value is -1.02. The molecule has 68 valence electrons. The Morgan fingerprint density at radius 3 is 2.85 bits per heavy atom. The number of aryl methyl sites for hydroxylation is 2. The molecule has 0 bridgehead atoms. The molecule has 1 aromatic heterocycles. The van der Waals surface area contributed by atoms with Gasteiger partial charge in [-0.2, -0.15) is 5.10 Å². The third kappa shape index (κ3) is 1.22. The molecular formula is C10H11ClN2. The molecule has 2 nitrogen and oxygen atoms in total. The largest absolute Gasteiger partial charge is 0.269 e. The summed E-state index contributed by atoms with van der Waals surface area (Å²) in [4.78, 5) is 0. The summed E-state index contributed by atoms with van der Waals surface area (Å²) in [5.74, 6) is 0. The SMILES string of the molecule is CCn1nc2c(Cl)cccc2c1C. The van der Waals surface area contributed by atoms with Crippen LogP contribution >= 0.6 is 11.6 Å². The maximum absolute atomic E-state index is 6.02. The number of aromatic nitrogens is 2. The summed E-state index contributed by atoms with van der Waals surface area (Å²) in [7, 11) is 0. The summed E-state index contributed by atoms with van der Waals surface area (Å²) in [5.41, 5.74) is 2.09. The molecule has 0 aliphatic rings. The minimum Gasteiger partial charge on any atom is -0.269 e. The molecule has 3 heteroatoms. The van der Waals surface area contributed by atoms with Crippen LogP contribution in [0.5, 0.6) is 0 Å². The molecule has 0 radical (unpaired) electrons. The van der Waals surface area contributed by atoms with E-state index in [0.29, 0.717) is 0 Å². The molecule has 0 fully saturated rings. The van der Waals surface area contributed by atoms with Crippen LogP contribution in [0.1, 0.15) is 12.6 Å². The first-order valence-electron chi connectivity index (χ1n) is 4.35. The Morgan fingerprint density at radius 2 is 2.23 bits per heavy atom. The summed E-state index contributed by atoms with van der Waals surface area (Å²) in [5, 5.41) is 6.29. The molecule has 1 aromatic carbocycles. The van der Waals surface area contributed by atoms with Gasteiger partial charge in [-0.05, 0) is 19.9 Å². The second-order valence-electron chi connectivity index (χ2n) is 3.04. The normalized spacial score (nSPS) is 11.0. The van der Waals surface area contributed by atoms with Crippen LogP contribution in [-0.4, -0.2) is 9.78 Å². The highest BCUT2D eigenvalue weighted by Crippen LogP contribution is 2.24. The lowest BCUT2D eigenvalue weighted by Gasteiger charge is -1.96. The summed E-state index contributed by atoms with van der Waals surface area (Å²) in [6.45, 7) is 5.03. The van der Waals surface area contributed by atoms with Crippen molar-refractivity contribution in [2.24, 2.45) is 0 Å². The molecule has 0 amide bonds. The number of benzene rings is 1. The van der Waals surface area contributed by atoms with Crippen LogP contribution in [0, 0.1) is 6.92 Å². The molecule has 13 heavy (non-hydrogen) atoms. The Morgan fingerprint density at radius 1 is 1.46 bits per heavy atom. The Labute approximate surface area is 82.1 Å². The van der Waals surface area contributed by atoms with Crippen LogP contribution in [0.25, 0.3) is 10.9 Å². The van der Waals surface area contributed by atoms with Gasteiger partial charge in [0.15, 0.2) is 0 Å². The average molecular weight is 195 g/mol. The summed E-state index contributed by atoms with van der Waals surface area (Å²) in [6, 6.07) is 5.88. The second kappa shape index (κ2) is 3.04. The maximum Gasteiger partial charge on any atom is 0.111 e. The van der Waals surface area contributed by atoms with Crippen LogP contribution in [0.3, 0.4) is 0 Å². The lowest BCUT2D eigenvalue weighted by Crippen LogP contribution is -1.97. The van der Waals surface area contributed by atoms with Gasteiger partial charge in [0, 0.05) is 17.6 Å². The van der Waals surface area contributed by atoms with Crippen molar-refractivity contribution in [2.45, 2.75) is 20.4 Å². The van der Waals surface area contributed by atoms with Crippen LogP contribution in [0.2, 0.25) is 5.02 Å². The zero-order valence-electron chi connectivity index (χ0n) is 7.71. The molecule has 0 spiro atoms. The van der Waals surface area contributed by atoms with Gasteiger partial charge in [0.1, 0.15) is 5.52 Å². The topological polar surface area (TPSA) is 17.8 Å². The van der Waals surface area contributed by atoms with Gasteiger partial charge in [0.05, 0.1) is 5.02 Å². The van der Waals surface area contributed by atoms with Crippen LogP contribution in [0.15, 0.2) is 18.2 Å². The molecule has 2 aromatic rings. The van der Waals surface area contributed by atoms with E-state index in [4.69, 9.17) is 11.6 Å². The highest BCUT2D eigenvalue weighted by atomic mass is 35.5. The maximum atomic E-state index is 6.02. The van der Waals surface area contributed by atoms with Gasteiger partial charge >= 0.3 is 0 Å². The fraction of sp³-hybridized carbons (Fsp3) is 0.300. The molecule has 0 unspecified atom stereocenters. The van der Waals surface area contributed by atoms with Crippen molar-refractivity contribution < 1.29 is 0 Å². The van der Waals surface area contributed by atoms with E-state index >= 15 is 0 Å². The molecule has 0 saturated heterocycles. The van der Waals surface area contributed by atoms with E-state index in [1.807, 2.05) is 16.8 Å². The smallest absolute Gasteiger partial charge is 0.111 e. The molecule has 0 saturated carbocycles. The van der Waals surface area contributed by atoms with Crippen molar-refractivity contribution in [1.29, 1.82) is 0 Å². The van der Waals surface area contributed by atoms with Crippen LogP contribution < -0.4 is 0 Å². The minimum absolute atomic E-state index is 0.729. The van der Waals surface area contributed by atoms with Crippen molar-refractivity contribution in [3.63, 3.8) is 0 Å². The molecule has 0 aliphatic heterocycles. The number of fused-ring (bicyclic) bond motifs is 1. The van der Waals surface area contributed by atoms with E-state index in [0.717, 1.165) is 22.5 Å². The van der Waals surface area contributed by atoms with Crippen LogP contribution in [-0.2, 0) is 6.54 Å².